The number of nitrogens with one attached hydrogen (secondary N) is 1. The van der Waals surface area contributed by atoms with Gasteiger partial charge in [-0.1, -0.05) is 85.0 Å². The smallest absolute Gasteiger partial charge is 0.407 e. The molecule has 0 aliphatic heterocycles. The molecule has 50 heavy (non-hydrogen) atoms. The number of methoxy groups -OCH3 is 1. The summed E-state index contributed by atoms with van der Waals surface area (Å²) in [6.07, 6.45) is 9.65. The van der Waals surface area contributed by atoms with Crippen LogP contribution in [0.5, 0.6) is 23.0 Å². The highest BCUT2D eigenvalue weighted by atomic mass is 16.6. The quantitative estimate of drug-likeness (QED) is 0.0881. The number of alkyl carbamates (subject to hydrolysis) is 1. The van der Waals surface area contributed by atoms with Crippen molar-refractivity contribution < 1.29 is 28.5 Å². The van der Waals surface area contributed by atoms with E-state index in [2.05, 4.69) is 10.2 Å². The first-order valence-corrected chi connectivity index (χ1v) is 17.0. The van der Waals surface area contributed by atoms with Crippen LogP contribution >= 0.6 is 0 Å². The molecule has 1 amide bonds. The topological polar surface area (TPSA) is 86.3 Å². The van der Waals surface area contributed by atoms with E-state index in [9.17, 15) is 9.59 Å². The van der Waals surface area contributed by atoms with Gasteiger partial charge in [-0.25, -0.2) is 4.79 Å². The Morgan fingerprint density at radius 3 is 1.68 bits per heavy atom. The molecule has 0 aromatic heterocycles. The molecule has 0 unspecified atom stereocenters. The zero-order valence-electron chi connectivity index (χ0n) is 29.4. The summed E-state index contributed by atoms with van der Waals surface area (Å²) < 4.78 is 22.6. The molecule has 1 N–H and O–H groups in total. The van der Waals surface area contributed by atoms with Crippen LogP contribution in [0.4, 0.5) is 4.79 Å². The number of amides is 1. The van der Waals surface area contributed by atoms with Crippen LogP contribution in [0.1, 0.15) is 51.2 Å². The molecule has 0 saturated carbocycles. The lowest BCUT2D eigenvalue weighted by atomic mass is 10.1. The molecular weight excluding hydrogens is 628 g/mol. The van der Waals surface area contributed by atoms with Crippen molar-refractivity contribution in [2.75, 3.05) is 26.7 Å². The van der Waals surface area contributed by atoms with E-state index in [-0.39, 0.29) is 5.97 Å². The number of carbonyl (C=O) groups excluding carboxylic acids is 2. The summed E-state index contributed by atoms with van der Waals surface area (Å²) in [5.41, 5.74) is 1.40. The lowest BCUT2D eigenvalue weighted by molar-refractivity contribution is -0.146. The Balaban J connectivity index is 1.45. The van der Waals surface area contributed by atoms with E-state index in [4.69, 9.17) is 18.9 Å². The van der Waals surface area contributed by atoms with E-state index in [1.165, 1.54) is 7.11 Å². The van der Waals surface area contributed by atoms with Crippen LogP contribution in [0.3, 0.4) is 0 Å². The van der Waals surface area contributed by atoms with Crippen LogP contribution in [0, 0.1) is 0 Å². The van der Waals surface area contributed by atoms with Crippen molar-refractivity contribution in [1.29, 1.82) is 0 Å². The predicted octanol–water partition coefficient (Wildman–Crippen LogP) is 9.54. The van der Waals surface area contributed by atoms with E-state index in [0.29, 0.717) is 38.9 Å². The molecule has 262 valence electrons. The number of esters is 1. The van der Waals surface area contributed by atoms with Crippen LogP contribution in [0.2, 0.25) is 0 Å². The average Bonchev–Trinajstić information content (AvgIpc) is 3.09. The largest absolute Gasteiger partial charge is 0.468 e. The van der Waals surface area contributed by atoms with Crippen LogP contribution < -0.4 is 14.8 Å². The van der Waals surface area contributed by atoms with Crippen molar-refractivity contribution in [2.24, 2.45) is 0 Å². The zero-order valence-corrected chi connectivity index (χ0v) is 29.4. The third kappa shape index (κ3) is 13.6. The van der Waals surface area contributed by atoms with Gasteiger partial charge in [0.25, 0.3) is 0 Å². The van der Waals surface area contributed by atoms with E-state index >= 15 is 0 Å². The van der Waals surface area contributed by atoms with Crippen LogP contribution in [0.15, 0.2) is 121 Å². The van der Waals surface area contributed by atoms with Gasteiger partial charge in [0.2, 0.25) is 0 Å². The van der Waals surface area contributed by atoms with E-state index in [1.54, 1.807) is 0 Å². The summed E-state index contributed by atoms with van der Waals surface area (Å²) in [6, 6.07) is 34.6. The maximum absolute atomic E-state index is 13.1. The molecule has 8 nitrogen and oxygen atoms in total. The second-order valence-corrected chi connectivity index (χ2v) is 12.7. The van der Waals surface area contributed by atoms with Gasteiger partial charge in [0.15, 0.2) is 0 Å². The summed E-state index contributed by atoms with van der Waals surface area (Å²) in [6.45, 7) is 6.94. The van der Waals surface area contributed by atoms with E-state index in [1.807, 2.05) is 154 Å². The van der Waals surface area contributed by atoms with Gasteiger partial charge in [-0.15, -0.1) is 0 Å². The van der Waals surface area contributed by atoms with Gasteiger partial charge in [0.1, 0.15) is 34.6 Å². The lowest BCUT2D eigenvalue weighted by Crippen LogP contribution is -2.42. The minimum absolute atomic E-state index is 0.302. The highest BCUT2D eigenvalue weighted by Crippen LogP contribution is 2.24. The molecular formula is C42H48N2O6. The molecule has 0 radical (unpaired) electrons. The molecule has 4 aromatic carbocycles. The van der Waals surface area contributed by atoms with Gasteiger partial charge in [0.05, 0.1) is 7.11 Å². The number of ether oxygens (including phenoxy) is 4. The van der Waals surface area contributed by atoms with Crippen molar-refractivity contribution in [3.63, 3.8) is 0 Å². The Morgan fingerprint density at radius 1 is 0.700 bits per heavy atom. The number of unbranched alkanes of at least 4 members (excludes halogenated alkanes) is 1. The molecule has 1 atom stereocenters. The molecule has 0 spiro atoms. The number of hydrogen-bond acceptors (Lipinski definition) is 7. The Hall–Kier alpha value is -5.34. The SMILES string of the molecule is COC(=O)[C@H](CCCCNC(=O)OC(C)(C)C)N(C/C=C/c1cccc(Oc2ccccc2)c1)C/C=C/c1cccc(Oc2ccccc2)c1. The van der Waals surface area contributed by atoms with Crippen molar-refractivity contribution in [3.05, 3.63) is 132 Å². The minimum Gasteiger partial charge on any atom is -0.468 e. The Labute approximate surface area is 296 Å². The first-order chi connectivity index (χ1) is 24.2. The number of carbonyl (C=O) groups is 2. The Bertz CT molecular complexity index is 1580. The van der Waals surface area contributed by atoms with Gasteiger partial charge in [0, 0.05) is 19.6 Å². The zero-order chi connectivity index (χ0) is 35.6. The number of nitrogens with zero attached hydrogens (tertiary/aromatic N) is 1. The highest BCUT2D eigenvalue weighted by molar-refractivity contribution is 5.75. The number of benzene rings is 4. The van der Waals surface area contributed by atoms with Crippen molar-refractivity contribution in [3.8, 4) is 23.0 Å². The summed E-state index contributed by atoms with van der Waals surface area (Å²) in [5, 5.41) is 2.80. The van der Waals surface area contributed by atoms with Crippen molar-refractivity contribution in [2.45, 2.75) is 51.7 Å². The molecule has 8 heteroatoms. The maximum Gasteiger partial charge on any atom is 0.407 e. The molecule has 4 aromatic rings. The second kappa shape index (κ2) is 19.6. The van der Waals surface area contributed by atoms with Crippen LogP contribution in [-0.4, -0.2) is 55.3 Å². The summed E-state index contributed by atoms with van der Waals surface area (Å²) in [7, 11) is 1.42. The first kappa shape index (κ1) is 37.5. The van der Waals surface area contributed by atoms with Crippen LogP contribution in [-0.2, 0) is 14.3 Å². The normalized spacial score (nSPS) is 12.2. The van der Waals surface area contributed by atoms with Crippen molar-refractivity contribution in [1.82, 2.24) is 10.2 Å². The molecule has 0 saturated heterocycles. The monoisotopic (exact) mass is 676 g/mol. The fourth-order valence-electron chi connectivity index (χ4n) is 5.14. The minimum atomic E-state index is -0.561. The third-order valence-electron chi connectivity index (χ3n) is 7.46. The molecule has 0 aliphatic carbocycles. The molecule has 0 heterocycles. The van der Waals surface area contributed by atoms with Gasteiger partial charge < -0.3 is 24.3 Å². The summed E-state index contributed by atoms with van der Waals surface area (Å²) in [4.78, 5) is 27.3. The van der Waals surface area contributed by atoms with Gasteiger partial charge in [-0.2, -0.15) is 0 Å². The fourth-order valence-corrected chi connectivity index (χ4v) is 5.14. The number of hydrogen-bond donors (Lipinski definition) is 1. The summed E-state index contributed by atoms with van der Waals surface area (Å²) in [5.74, 6) is 2.72. The van der Waals surface area contributed by atoms with Gasteiger partial charge in [-0.3, -0.25) is 9.69 Å². The molecule has 0 bridgehead atoms. The highest BCUT2D eigenvalue weighted by Gasteiger charge is 2.25. The Kier molecular flexibility index (Phi) is 14.7. The van der Waals surface area contributed by atoms with E-state index < -0.39 is 17.7 Å². The van der Waals surface area contributed by atoms with Crippen LogP contribution in [0.25, 0.3) is 12.2 Å². The number of para-hydroxylation sites is 2. The first-order valence-electron chi connectivity index (χ1n) is 17.0. The molecule has 0 fully saturated rings. The average molecular weight is 677 g/mol. The third-order valence-corrected chi connectivity index (χ3v) is 7.46. The number of rotatable bonds is 17. The van der Waals surface area contributed by atoms with Gasteiger partial charge >= 0.3 is 12.1 Å². The van der Waals surface area contributed by atoms with Crippen molar-refractivity contribution >= 4 is 24.2 Å². The Morgan fingerprint density at radius 2 is 1.20 bits per heavy atom. The predicted molar refractivity (Wildman–Crippen MR) is 199 cm³/mol. The second-order valence-electron chi connectivity index (χ2n) is 12.7. The maximum atomic E-state index is 13.1. The summed E-state index contributed by atoms with van der Waals surface area (Å²) >= 11 is 0. The molecule has 4 rings (SSSR count). The lowest BCUT2D eigenvalue weighted by Gasteiger charge is -2.28. The van der Waals surface area contributed by atoms with Gasteiger partial charge in [-0.05, 0) is 99.7 Å². The molecule has 0 aliphatic rings. The standard InChI is InChI=1S/C42H48N2O6/c1-42(2,3)50-41(46)43-28-12-11-27-39(40(45)47-4)44(29-15-19-33-17-13-25-37(31-33)48-35-21-7-5-8-22-35)30-16-20-34-18-14-26-38(32-34)49-36-23-9-6-10-24-36/h5-10,13-26,31-32,39H,11-12,27-30H2,1-4H3,(H,43,46)/b19-15+,20-16+/t39-/m0/s1. The fraction of sp³-hybridized carbons (Fsp3) is 0.286. The van der Waals surface area contributed by atoms with E-state index in [0.717, 1.165) is 34.1 Å².